The van der Waals surface area contributed by atoms with Crippen molar-refractivity contribution in [1.82, 2.24) is 8.54 Å². The van der Waals surface area contributed by atoms with Crippen LogP contribution in [0.25, 0.3) is 0 Å². The topological polar surface area (TPSA) is 119 Å². The molecule has 0 unspecified atom stereocenters. The minimum Gasteiger partial charge on any atom is -0.503 e. The van der Waals surface area contributed by atoms with E-state index in [4.69, 9.17) is 0 Å². The van der Waals surface area contributed by atoms with Crippen molar-refractivity contribution >= 4 is 10.0 Å². The first kappa shape index (κ1) is 37.4. The van der Waals surface area contributed by atoms with Gasteiger partial charge in [0.05, 0.1) is 11.4 Å². The van der Waals surface area contributed by atoms with Gasteiger partial charge in [0.1, 0.15) is 0 Å². The van der Waals surface area contributed by atoms with Crippen LogP contribution in [0.4, 0.5) is 0 Å². The summed E-state index contributed by atoms with van der Waals surface area (Å²) >= 11 is 0. The Bertz CT molecular complexity index is 1430. The van der Waals surface area contributed by atoms with Gasteiger partial charge in [-0.1, -0.05) is 76.2 Å². The maximum absolute atomic E-state index is 12.1. The van der Waals surface area contributed by atoms with Crippen LogP contribution in [0.2, 0.25) is 0 Å². The van der Waals surface area contributed by atoms with Gasteiger partial charge in [-0.05, 0) is 42.0 Å². The fourth-order valence-electron chi connectivity index (χ4n) is 2.79. The molecule has 8 nitrogen and oxygen atoms in total. The zero-order chi connectivity index (χ0) is 27.1. The molecule has 38 heavy (non-hydrogen) atoms. The van der Waals surface area contributed by atoms with Crippen LogP contribution < -0.4 is 11.1 Å². The molecule has 4 rings (SSSR count). The van der Waals surface area contributed by atoms with Crippen LogP contribution in [0.3, 0.4) is 0 Å². The summed E-state index contributed by atoms with van der Waals surface area (Å²) in [6.45, 7) is 8.48. The molecule has 2 N–H and O–H groups in total. The third-order valence-electron chi connectivity index (χ3n) is 4.39. The zero-order valence-electron chi connectivity index (χ0n) is 21.6. The Morgan fingerprint density at radius 3 is 1.61 bits per heavy atom. The van der Waals surface area contributed by atoms with Gasteiger partial charge in [-0.3, -0.25) is 9.59 Å². The van der Waals surface area contributed by atoms with Crippen molar-refractivity contribution in [3.05, 3.63) is 124 Å². The number of rotatable bonds is 4. The van der Waals surface area contributed by atoms with E-state index < -0.39 is 21.3 Å². The third-order valence-corrected chi connectivity index (χ3v) is 6.06. The number of hydrogen-bond acceptors (Lipinski definition) is 6. The molecular weight excluding hydrogens is 848 g/mol. The third kappa shape index (κ3) is 10.6. The van der Waals surface area contributed by atoms with Crippen LogP contribution in [-0.2, 0) is 58.7 Å². The Morgan fingerprint density at radius 2 is 1.08 bits per heavy atom. The number of pyridine rings is 2. The van der Waals surface area contributed by atoms with Gasteiger partial charge in [0.25, 0.3) is 15.6 Å². The summed E-state index contributed by atoms with van der Waals surface area (Å²) in [6, 6.07) is 22.7. The van der Waals surface area contributed by atoms with E-state index in [0.717, 1.165) is 17.8 Å². The second kappa shape index (κ2) is 19.4. The molecule has 0 atom stereocenters. The summed E-state index contributed by atoms with van der Waals surface area (Å²) in [7, 11) is -3.95. The molecule has 0 spiro atoms. The van der Waals surface area contributed by atoms with Crippen molar-refractivity contribution in [3.63, 3.8) is 0 Å². The first-order valence-electron chi connectivity index (χ1n) is 11.4. The van der Waals surface area contributed by atoms with E-state index in [9.17, 15) is 28.2 Å². The van der Waals surface area contributed by atoms with E-state index in [1.807, 2.05) is 58.0 Å². The average molecular weight is 880 g/mol. The van der Waals surface area contributed by atoms with Crippen LogP contribution in [-0.4, -0.2) is 27.2 Å². The Kier molecular flexibility index (Phi) is 19.1. The maximum atomic E-state index is 12.1. The standard InChI is InChI=1S/C12H11NO2.C11H9NO4S.2C2H6.2W/c14-11-7-4-8-13(12(11)15)9-10-5-2-1-3-6-10;13-10-7-4-8-12(11(10)14)17(15,16)9-5-2-1-3-6-9;2*1-2;;/h1-8,14H,9H2;1-8,13H;2*1-2H3;;. The zero-order valence-corrected chi connectivity index (χ0v) is 28.3. The van der Waals surface area contributed by atoms with Crippen molar-refractivity contribution in [2.45, 2.75) is 39.1 Å². The summed E-state index contributed by atoms with van der Waals surface area (Å²) in [5, 5.41) is 18.5. The quantitative estimate of drug-likeness (QED) is 0.314. The molecule has 0 fully saturated rings. The van der Waals surface area contributed by atoms with Crippen molar-refractivity contribution in [2.24, 2.45) is 0 Å². The fraction of sp³-hybridized carbons (Fsp3) is 0.185. The van der Waals surface area contributed by atoms with Crippen LogP contribution >= 0.6 is 0 Å². The Morgan fingerprint density at radius 1 is 0.632 bits per heavy atom. The molecule has 2 heterocycles. The largest absolute Gasteiger partial charge is 0.503 e. The first-order valence-corrected chi connectivity index (χ1v) is 12.9. The van der Waals surface area contributed by atoms with Gasteiger partial charge in [-0.2, -0.15) is 0 Å². The summed E-state index contributed by atoms with van der Waals surface area (Å²) in [4.78, 5) is 23.0. The summed E-state index contributed by atoms with van der Waals surface area (Å²) in [5.74, 6) is -0.819. The molecular formula is C27H32N2O6SW2. The normalized spacial score (nSPS) is 9.37. The Balaban J connectivity index is 0. The molecule has 204 valence electrons. The summed E-state index contributed by atoms with van der Waals surface area (Å²) in [5.41, 5.74) is -0.289. The molecule has 2 aromatic carbocycles. The van der Waals surface area contributed by atoms with Gasteiger partial charge in [0.2, 0.25) is 0 Å². The second-order valence-corrected chi connectivity index (χ2v) is 8.44. The second-order valence-electron chi connectivity index (χ2n) is 6.62. The fourth-order valence-corrected chi connectivity index (χ4v) is 4.06. The molecule has 0 bridgehead atoms. The van der Waals surface area contributed by atoms with Crippen LogP contribution in [0.1, 0.15) is 33.3 Å². The Labute approximate surface area is 252 Å². The van der Waals surface area contributed by atoms with Gasteiger partial charge in [-0.15, -0.1) is 0 Å². The van der Waals surface area contributed by atoms with Gasteiger partial charge in [0.15, 0.2) is 11.5 Å². The number of aromatic hydroxyl groups is 2. The van der Waals surface area contributed by atoms with Gasteiger partial charge >= 0.3 is 5.56 Å². The number of benzene rings is 2. The first-order chi connectivity index (χ1) is 17.3. The predicted octanol–water partition coefficient (Wildman–Crippen LogP) is 4.44. The molecule has 0 aliphatic rings. The minimum absolute atomic E-state index is 0. The van der Waals surface area contributed by atoms with E-state index in [0.29, 0.717) is 10.5 Å². The van der Waals surface area contributed by atoms with Gasteiger partial charge < -0.3 is 14.8 Å². The number of nitrogens with zero attached hydrogens (tertiary/aromatic N) is 2. The molecule has 0 aliphatic carbocycles. The minimum atomic E-state index is -3.95. The molecule has 4 aromatic rings. The molecule has 0 radical (unpaired) electrons. The average Bonchev–Trinajstić information content (AvgIpc) is 2.92. The SMILES string of the molecule is CC.CC.O=c1c(O)cccn1Cc1ccccc1.O=c1c(O)cccn1S(=O)(=O)c1ccccc1.[W].[W]. The molecule has 0 saturated carbocycles. The van der Waals surface area contributed by atoms with E-state index in [2.05, 4.69) is 0 Å². The number of aromatic nitrogens is 2. The molecule has 11 heteroatoms. The van der Waals surface area contributed by atoms with Crippen molar-refractivity contribution in [2.75, 3.05) is 0 Å². The van der Waals surface area contributed by atoms with E-state index in [-0.39, 0.29) is 58.3 Å². The van der Waals surface area contributed by atoms with Crippen molar-refractivity contribution in [1.29, 1.82) is 0 Å². The van der Waals surface area contributed by atoms with Crippen LogP contribution in [0, 0.1) is 0 Å². The summed E-state index contributed by atoms with van der Waals surface area (Å²) < 4.78 is 26.1. The predicted molar refractivity (Wildman–Crippen MR) is 142 cm³/mol. The smallest absolute Gasteiger partial charge is 0.306 e. The molecule has 0 aliphatic heterocycles. The maximum Gasteiger partial charge on any atom is 0.306 e. The van der Waals surface area contributed by atoms with Gasteiger partial charge in [0, 0.05) is 54.5 Å². The van der Waals surface area contributed by atoms with E-state index in [1.54, 1.807) is 30.5 Å². The van der Waals surface area contributed by atoms with E-state index >= 15 is 0 Å². The van der Waals surface area contributed by atoms with Crippen LogP contribution in [0.15, 0.2) is 112 Å². The monoisotopic (exact) mass is 880 g/mol. The molecule has 0 amide bonds. The van der Waals surface area contributed by atoms with Gasteiger partial charge in [-0.25, -0.2) is 12.4 Å². The Hall–Kier alpha value is -2.73. The van der Waals surface area contributed by atoms with E-state index in [1.165, 1.54) is 28.8 Å². The van der Waals surface area contributed by atoms with Crippen molar-refractivity contribution in [3.8, 4) is 11.5 Å². The summed E-state index contributed by atoms with van der Waals surface area (Å²) in [6.07, 6.45) is 2.76. The number of hydrogen-bond donors (Lipinski definition) is 2. The van der Waals surface area contributed by atoms with Crippen LogP contribution in [0.5, 0.6) is 11.5 Å². The molecule has 2 aromatic heterocycles. The van der Waals surface area contributed by atoms with Crippen molar-refractivity contribution < 1.29 is 60.8 Å². The molecule has 0 saturated heterocycles.